The first kappa shape index (κ1) is 21.8. The number of ether oxygens (including phenoxy) is 1. The molecule has 158 valence electrons. The first-order valence-corrected chi connectivity index (χ1v) is 10.7. The molecule has 0 radical (unpaired) electrons. The van der Waals surface area contributed by atoms with Crippen LogP contribution in [0.4, 0.5) is 10.1 Å². The minimum Gasteiger partial charge on any atom is -0.480 e. The van der Waals surface area contributed by atoms with Crippen LogP contribution in [0.25, 0.3) is 0 Å². The smallest absolute Gasteiger partial charge is 0.234 e. The molecule has 8 heteroatoms. The van der Waals surface area contributed by atoms with E-state index in [1.807, 2.05) is 49.6 Å². The molecule has 1 aromatic heterocycles. The van der Waals surface area contributed by atoms with Gasteiger partial charge in [-0.2, -0.15) is 0 Å². The summed E-state index contributed by atoms with van der Waals surface area (Å²) in [5, 5.41) is 12.0. The fraction of sp³-hybridized carbons (Fsp3) is 0.318. The number of amides is 1. The summed E-state index contributed by atoms with van der Waals surface area (Å²) in [5.74, 6) is 0.384. The fourth-order valence-corrected chi connectivity index (χ4v) is 3.86. The predicted molar refractivity (Wildman–Crippen MR) is 116 cm³/mol. The quantitative estimate of drug-likeness (QED) is 0.501. The number of aromatic nitrogens is 3. The lowest BCUT2D eigenvalue weighted by molar-refractivity contribution is -0.113. The van der Waals surface area contributed by atoms with Gasteiger partial charge in [-0.3, -0.25) is 4.79 Å². The summed E-state index contributed by atoms with van der Waals surface area (Å²) in [6, 6.07) is 13.9. The molecule has 1 N–H and O–H groups in total. The molecule has 30 heavy (non-hydrogen) atoms. The topological polar surface area (TPSA) is 69.0 Å². The Morgan fingerprint density at radius 1 is 1.17 bits per heavy atom. The van der Waals surface area contributed by atoms with Crippen LogP contribution in [0, 0.1) is 12.7 Å². The van der Waals surface area contributed by atoms with Crippen LogP contribution in [-0.4, -0.2) is 26.4 Å². The Kier molecular flexibility index (Phi) is 7.10. The maximum absolute atomic E-state index is 13.9. The lowest BCUT2D eigenvalue weighted by Gasteiger charge is -2.19. The van der Waals surface area contributed by atoms with Gasteiger partial charge in [-0.25, -0.2) is 4.39 Å². The van der Waals surface area contributed by atoms with Crippen LogP contribution < -0.4 is 10.1 Å². The average Bonchev–Trinajstić information content (AvgIpc) is 3.13. The number of hydrogen-bond donors (Lipinski definition) is 1. The summed E-state index contributed by atoms with van der Waals surface area (Å²) in [6.45, 7) is 7.77. The van der Waals surface area contributed by atoms with Gasteiger partial charge >= 0.3 is 0 Å². The van der Waals surface area contributed by atoms with Crippen molar-refractivity contribution in [3.63, 3.8) is 0 Å². The number of thioether (sulfide) groups is 1. The molecular formula is C22H25FN4O2S. The Labute approximate surface area is 179 Å². The van der Waals surface area contributed by atoms with Crippen molar-refractivity contribution < 1.29 is 13.9 Å². The van der Waals surface area contributed by atoms with E-state index in [-0.39, 0.29) is 23.5 Å². The van der Waals surface area contributed by atoms with Crippen LogP contribution in [0.15, 0.2) is 53.7 Å². The number of anilines is 1. The second-order valence-corrected chi connectivity index (χ2v) is 8.14. The third-order valence-electron chi connectivity index (χ3n) is 4.35. The van der Waals surface area contributed by atoms with E-state index in [1.54, 1.807) is 25.1 Å². The summed E-state index contributed by atoms with van der Waals surface area (Å²) >= 11 is 1.30. The van der Waals surface area contributed by atoms with Crippen LogP contribution >= 0.6 is 11.8 Å². The summed E-state index contributed by atoms with van der Waals surface area (Å²) in [7, 11) is 0. The standard InChI is InChI=1S/C22H25FN4O2S/c1-14(2)27-21(16(4)29-19-11-6-5-10-18(19)23)25-26-22(27)30-13-20(28)24-17-9-7-8-15(3)12-17/h5-12,14,16H,13H2,1-4H3,(H,24,28). The molecule has 1 heterocycles. The molecule has 2 aromatic carbocycles. The van der Waals surface area contributed by atoms with Crippen molar-refractivity contribution in [3.05, 3.63) is 65.7 Å². The number of rotatable bonds is 8. The number of nitrogens with one attached hydrogen (secondary N) is 1. The fourth-order valence-electron chi connectivity index (χ4n) is 2.98. The molecule has 0 spiro atoms. The van der Waals surface area contributed by atoms with Gasteiger partial charge in [0.2, 0.25) is 5.91 Å². The third-order valence-corrected chi connectivity index (χ3v) is 5.29. The largest absolute Gasteiger partial charge is 0.480 e. The summed E-state index contributed by atoms with van der Waals surface area (Å²) in [4.78, 5) is 12.3. The van der Waals surface area contributed by atoms with Crippen LogP contribution in [0.3, 0.4) is 0 Å². The second-order valence-electron chi connectivity index (χ2n) is 7.20. The molecule has 0 saturated carbocycles. The minimum absolute atomic E-state index is 0.0454. The van der Waals surface area contributed by atoms with E-state index in [0.717, 1.165) is 11.3 Å². The Morgan fingerprint density at radius 3 is 2.63 bits per heavy atom. The number of aryl methyl sites for hydroxylation is 1. The van der Waals surface area contributed by atoms with Gasteiger partial charge in [-0.15, -0.1) is 10.2 Å². The number of nitrogens with zero attached hydrogens (tertiary/aromatic N) is 3. The van der Waals surface area contributed by atoms with E-state index in [9.17, 15) is 9.18 Å². The molecule has 0 aliphatic rings. The van der Waals surface area contributed by atoms with Gasteiger partial charge in [0.05, 0.1) is 5.75 Å². The third kappa shape index (κ3) is 5.38. The van der Waals surface area contributed by atoms with Crippen LogP contribution in [-0.2, 0) is 4.79 Å². The number of halogens is 1. The molecule has 0 saturated heterocycles. The van der Waals surface area contributed by atoms with Gasteiger partial charge in [0.15, 0.2) is 28.7 Å². The Bertz CT molecular complexity index is 1020. The van der Waals surface area contributed by atoms with Crippen molar-refractivity contribution >= 4 is 23.4 Å². The monoisotopic (exact) mass is 428 g/mol. The SMILES string of the molecule is Cc1cccc(NC(=O)CSc2nnc(C(C)Oc3ccccc3F)n2C(C)C)c1. The number of carbonyl (C=O) groups is 1. The molecule has 1 atom stereocenters. The molecule has 3 rings (SSSR count). The zero-order valence-corrected chi connectivity index (χ0v) is 18.2. The molecular weight excluding hydrogens is 403 g/mol. The van der Waals surface area contributed by atoms with E-state index >= 15 is 0 Å². The van der Waals surface area contributed by atoms with Gasteiger partial charge in [0.1, 0.15) is 0 Å². The lowest BCUT2D eigenvalue weighted by atomic mass is 10.2. The zero-order chi connectivity index (χ0) is 21.7. The highest BCUT2D eigenvalue weighted by Gasteiger charge is 2.22. The van der Waals surface area contributed by atoms with Crippen molar-refractivity contribution in [2.24, 2.45) is 0 Å². The maximum Gasteiger partial charge on any atom is 0.234 e. The number of benzene rings is 2. The van der Waals surface area contributed by atoms with E-state index in [2.05, 4.69) is 15.5 Å². The summed E-state index contributed by atoms with van der Waals surface area (Å²) < 4.78 is 21.6. The highest BCUT2D eigenvalue weighted by Crippen LogP contribution is 2.28. The second kappa shape index (κ2) is 9.75. The molecule has 1 amide bonds. The van der Waals surface area contributed by atoms with Crippen molar-refractivity contribution in [1.29, 1.82) is 0 Å². The van der Waals surface area contributed by atoms with Crippen LogP contribution in [0.1, 0.15) is 44.3 Å². The Morgan fingerprint density at radius 2 is 1.93 bits per heavy atom. The molecule has 3 aromatic rings. The predicted octanol–water partition coefficient (Wildman–Crippen LogP) is 5.18. The van der Waals surface area contributed by atoms with E-state index < -0.39 is 11.9 Å². The molecule has 0 aliphatic heterocycles. The Hall–Kier alpha value is -2.87. The van der Waals surface area contributed by atoms with Crippen molar-refractivity contribution in [1.82, 2.24) is 14.8 Å². The van der Waals surface area contributed by atoms with Crippen LogP contribution in [0.5, 0.6) is 5.75 Å². The van der Waals surface area contributed by atoms with Crippen molar-refractivity contribution in [2.45, 2.75) is 45.0 Å². The van der Waals surface area contributed by atoms with Gasteiger partial charge in [0.25, 0.3) is 0 Å². The zero-order valence-electron chi connectivity index (χ0n) is 17.4. The Balaban J connectivity index is 1.69. The van der Waals surface area contributed by atoms with E-state index in [4.69, 9.17) is 4.74 Å². The number of hydrogen-bond acceptors (Lipinski definition) is 5. The molecule has 6 nitrogen and oxygen atoms in total. The lowest BCUT2D eigenvalue weighted by Crippen LogP contribution is -2.16. The number of carbonyl (C=O) groups excluding carboxylic acids is 1. The van der Waals surface area contributed by atoms with Crippen molar-refractivity contribution in [3.8, 4) is 5.75 Å². The molecule has 1 unspecified atom stereocenters. The maximum atomic E-state index is 13.9. The highest BCUT2D eigenvalue weighted by atomic mass is 32.2. The van der Waals surface area contributed by atoms with Crippen molar-refractivity contribution in [2.75, 3.05) is 11.1 Å². The van der Waals surface area contributed by atoms with Crippen LogP contribution in [0.2, 0.25) is 0 Å². The molecule has 0 bridgehead atoms. The van der Waals surface area contributed by atoms with Gasteiger partial charge in [0, 0.05) is 11.7 Å². The van der Waals surface area contributed by atoms with Gasteiger partial charge in [-0.1, -0.05) is 36.0 Å². The van der Waals surface area contributed by atoms with Gasteiger partial charge < -0.3 is 14.6 Å². The normalized spacial score (nSPS) is 12.1. The average molecular weight is 429 g/mol. The first-order chi connectivity index (χ1) is 14.3. The number of para-hydroxylation sites is 1. The molecule has 0 aliphatic carbocycles. The minimum atomic E-state index is -0.507. The summed E-state index contributed by atoms with van der Waals surface area (Å²) in [5.41, 5.74) is 1.84. The van der Waals surface area contributed by atoms with Gasteiger partial charge in [-0.05, 0) is 57.5 Å². The highest BCUT2D eigenvalue weighted by molar-refractivity contribution is 7.99. The first-order valence-electron chi connectivity index (χ1n) is 9.70. The van der Waals surface area contributed by atoms with E-state index in [0.29, 0.717) is 11.0 Å². The summed E-state index contributed by atoms with van der Waals surface area (Å²) in [6.07, 6.45) is -0.507. The van der Waals surface area contributed by atoms with E-state index in [1.165, 1.54) is 17.8 Å². The molecule has 0 fully saturated rings.